The number of amides is 1. The maximum Gasteiger partial charge on any atom is 0.249 e. The Hall–Kier alpha value is -1.08. The van der Waals surface area contributed by atoms with Gasteiger partial charge in [0.2, 0.25) is 5.91 Å². The van der Waals surface area contributed by atoms with Gasteiger partial charge in [-0.25, -0.2) is 0 Å². The zero-order chi connectivity index (χ0) is 10.4. The molecule has 14 heavy (non-hydrogen) atoms. The fourth-order valence-corrected chi connectivity index (χ4v) is 1.51. The molecule has 2 atom stereocenters. The maximum atomic E-state index is 11.5. The van der Waals surface area contributed by atoms with E-state index in [9.17, 15) is 4.79 Å². The van der Waals surface area contributed by atoms with E-state index in [2.05, 4.69) is 5.32 Å². The molecule has 1 rings (SSSR count). The van der Waals surface area contributed by atoms with Crippen LogP contribution in [0, 0.1) is 17.2 Å². The van der Waals surface area contributed by atoms with Crippen molar-refractivity contribution in [1.82, 2.24) is 5.32 Å². The normalized spacial score (nSPS) is 25.7. The molecule has 0 aromatic rings. The molecule has 0 aromatic heterocycles. The first-order valence-corrected chi connectivity index (χ1v) is 5.02. The summed E-state index contributed by atoms with van der Waals surface area (Å²) in [5, 5.41) is 11.1. The van der Waals surface area contributed by atoms with Gasteiger partial charge in [-0.3, -0.25) is 4.79 Å². The number of ether oxygens (including phenoxy) is 1. The van der Waals surface area contributed by atoms with Crippen LogP contribution in [0.2, 0.25) is 0 Å². The van der Waals surface area contributed by atoms with Crippen molar-refractivity contribution in [2.75, 3.05) is 13.2 Å². The summed E-state index contributed by atoms with van der Waals surface area (Å²) in [5.41, 5.74) is 0. The molecule has 1 aliphatic rings. The van der Waals surface area contributed by atoms with Crippen LogP contribution in [0.3, 0.4) is 0 Å². The second-order valence-electron chi connectivity index (χ2n) is 3.61. The lowest BCUT2D eigenvalue weighted by molar-refractivity contribution is -0.131. The van der Waals surface area contributed by atoms with Gasteiger partial charge in [-0.05, 0) is 18.8 Å². The van der Waals surface area contributed by atoms with Crippen molar-refractivity contribution in [2.45, 2.75) is 32.3 Å². The molecule has 4 heteroatoms. The van der Waals surface area contributed by atoms with E-state index in [0.29, 0.717) is 31.9 Å². The number of nitriles is 1. The van der Waals surface area contributed by atoms with Gasteiger partial charge < -0.3 is 10.1 Å². The summed E-state index contributed by atoms with van der Waals surface area (Å²) < 4.78 is 5.31. The summed E-state index contributed by atoms with van der Waals surface area (Å²) in [6.07, 6.45) is 1.87. The number of hydrogen-bond donors (Lipinski definition) is 1. The van der Waals surface area contributed by atoms with Gasteiger partial charge in [0.25, 0.3) is 0 Å². The quantitative estimate of drug-likeness (QED) is 0.677. The van der Waals surface area contributed by atoms with Crippen molar-refractivity contribution in [3.8, 4) is 6.07 Å². The topological polar surface area (TPSA) is 62.1 Å². The van der Waals surface area contributed by atoms with E-state index in [4.69, 9.17) is 10.00 Å². The number of unbranched alkanes of at least 4 members (excludes halogenated alkanes) is 1. The molecule has 1 N–H and O–H groups in total. The number of carbonyl (C=O) groups excluding carboxylic acids is 1. The van der Waals surface area contributed by atoms with Gasteiger partial charge in [0.05, 0.1) is 6.07 Å². The molecular formula is C10H16N2O2. The molecule has 0 aromatic carbocycles. The van der Waals surface area contributed by atoms with Crippen LogP contribution in [0.15, 0.2) is 0 Å². The molecule has 0 saturated carbocycles. The van der Waals surface area contributed by atoms with E-state index in [0.717, 1.165) is 6.42 Å². The van der Waals surface area contributed by atoms with Gasteiger partial charge in [0, 0.05) is 19.6 Å². The predicted octanol–water partition coefficient (Wildman–Crippen LogP) is 0.831. The molecule has 1 heterocycles. The Balaban J connectivity index is 2.18. The highest BCUT2D eigenvalue weighted by atomic mass is 16.5. The Morgan fingerprint density at radius 3 is 3.07 bits per heavy atom. The molecule has 1 saturated heterocycles. The molecule has 0 spiro atoms. The molecule has 0 bridgehead atoms. The van der Waals surface area contributed by atoms with E-state index in [1.807, 2.05) is 13.0 Å². The van der Waals surface area contributed by atoms with Crippen LogP contribution in [-0.2, 0) is 9.53 Å². The Bertz CT molecular complexity index is 235. The predicted molar refractivity (Wildman–Crippen MR) is 51.4 cm³/mol. The van der Waals surface area contributed by atoms with E-state index in [1.54, 1.807) is 0 Å². The lowest BCUT2D eigenvalue weighted by atomic mass is 10.0. The Labute approximate surface area is 84.2 Å². The third kappa shape index (κ3) is 3.00. The van der Waals surface area contributed by atoms with Crippen molar-refractivity contribution in [1.29, 1.82) is 5.26 Å². The molecule has 0 radical (unpaired) electrons. The van der Waals surface area contributed by atoms with Gasteiger partial charge in [-0.1, -0.05) is 6.92 Å². The zero-order valence-corrected chi connectivity index (χ0v) is 8.45. The van der Waals surface area contributed by atoms with E-state index in [-0.39, 0.29) is 12.0 Å². The summed E-state index contributed by atoms with van der Waals surface area (Å²) in [4.78, 5) is 11.5. The first-order valence-electron chi connectivity index (χ1n) is 5.02. The lowest BCUT2D eigenvalue weighted by Gasteiger charge is -2.13. The van der Waals surface area contributed by atoms with E-state index < -0.39 is 0 Å². The first-order chi connectivity index (χ1) is 6.75. The van der Waals surface area contributed by atoms with Gasteiger partial charge >= 0.3 is 0 Å². The summed E-state index contributed by atoms with van der Waals surface area (Å²) in [5.74, 6) is 0.277. The van der Waals surface area contributed by atoms with Crippen molar-refractivity contribution < 1.29 is 9.53 Å². The van der Waals surface area contributed by atoms with Crippen LogP contribution < -0.4 is 5.32 Å². The molecular weight excluding hydrogens is 180 g/mol. The highest BCUT2D eigenvalue weighted by molar-refractivity contribution is 5.81. The standard InChI is InChI=1S/C10H16N2O2/c1-8-4-7-14-9(8)10(13)12-6-3-2-5-11/h8-9H,2-4,6-7H2,1H3,(H,12,13). The van der Waals surface area contributed by atoms with Crippen LogP contribution in [0.25, 0.3) is 0 Å². The van der Waals surface area contributed by atoms with Crippen molar-refractivity contribution in [3.05, 3.63) is 0 Å². The van der Waals surface area contributed by atoms with E-state index in [1.165, 1.54) is 0 Å². The first kappa shape index (κ1) is 11.0. The highest BCUT2D eigenvalue weighted by Crippen LogP contribution is 2.19. The second kappa shape index (κ2) is 5.61. The molecule has 78 valence electrons. The Morgan fingerprint density at radius 2 is 2.50 bits per heavy atom. The van der Waals surface area contributed by atoms with Gasteiger partial charge in [0.1, 0.15) is 6.10 Å². The number of rotatable bonds is 4. The summed E-state index contributed by atoms with van der Waals surface area (Å²) >= 11 is 0. The third-order valence-corrected chi connectivity index (χ3v) is 2.41. The largest absolute Gasteiger partial charge is 0.368 e. The SMILES string of the molecule is CC1CCOC1C(=O)NCCCC#N. The fraction of sp³-hybridized carbons (Fsp3) is 0.800. The van der Waals surface area contributed by atoms with Gasteiger partial charge in [-0.2, -0.15) is 5.26 Å². The maximum absolute atomic E-state index is 11.5. The minimum absolute atomic E-state index is 0.0343. The molecule has 1 amide bonds. The highest BCUT2D eigenvalue weighted by Gasteiger charge is 2.30. The number of carbonyl (C=O) groups is 1. The van der Waals surface area contributed by atoms with Crippen LogP contribution in [-0.4, -0.2) is 25.2 Å². The molecule has 4 nitrogen and oxygen atoms in total. The fourth-order valence-electron chi connectivity index (χ4n) is 1.51. The van der Waals surface area contributed by atoms with E-state index >= 15 is 0 Å². The minimum atomic E-state index is -0.280. The monoisotopic (exact) mass is 196 g/mol. The third-order valence-electron chi connectivity index (χ3n) is 2.41. The van der Waals surface area contributed by atoms with Crippen LogP contribution in [0.5, 0.6) is 0 Å². The average molecular weight is 196 g/mol. The average Bonchev–Trinajstić information content (AvgIpc) is 2.59. The zero-order valence-electron chi connectivity index (χ0n) is 8.45. The number of nitrogens with zero attached hydrogens (tertiary/aromatic N) is 1. The second-order valence-corrected chi connectivity index (χ2v) is 3.61. The summed E-state index contributed by atoms with van der Waals surface area (Å²) in [7, 11) is 0. The summed E-state index contributed by atoms with van der Waals surface area (Å²) in [6.45, 7) is 3.27. The smallest absolute Gasteiger partial charge is 0.249 e. The lowest BCUT2D eigenvalue weighted by Crippen LogP contribution is -2.37. The number of hydrogen-bond acceptors (Lipinski definition) is 3. The van der Waals surface area contributed by atoms with Crippen LogP contribution in [0.1, 0.15) is 26.2 Å². The molecule has 1 fully saturated rings. The van der Waals surface area contributed by atoms with Gasteiger partial charge in [-0.15, -0.1) is 0 Å². The van der Waals surface area contributed by atoms with Crippen molar-refractivity contribution in [2.24, 2.45) is 5.92 Å². The molecule has 1 aliphatic heterocycles. The molecule has 0 aliphatic carbocycles. The summed E-state index contributed by atoms with van der Waals surface area (Å²) in [6, 6.07) is 2.04. The van der Waals surface area contributed by atoms with Crippen LogP contribution in [0.4, 0.5) is 0 Å². The number of nitrogens with one attached hydrogen (secondary N) is 1. The Kier molecular flexibility index (Phi) is 4.41. The van der Waals surface area contributed by atoms with Crippen molar-refractivity contribution in [3.63, 3.8) is 0 Å². The molecule has 2 unspecified atom stereocenters. The van der Waals surface area contributed by atoms with Crippen molar-refractivity contribution >= 4 is 5.91 Å². The Morgan fingerprint density at radius 1 is 1.71 bits per heavy atom. The van der Waals surface area contributed by atoms with Crippen LogP contribution >= 0.6 is 0 Å². The van der Waals surface area contributed by atoms with Gasteiger partial charge in [0.15, 0.2) is 0 Å². The minimum Gasteiger partial charge on any atom is -0.368 e.